The molecule has 2 fully saturated rings. The predicted molar refractivity (Wildman–Crippen MR) is 141 cm³/mol. The molecule has 5 rings (SSSR count). The fourth-order valence-corrected chi connectivity index (χ4v) is 5.69. The monoisotopic (exact) mass is 494 g/mol. The number of nitrogens with zero attached hydrogens (tertiary/aromatic N) is 7. The van der Waals surface area contributed by atoms with Crippen LogP contribution in [0.1, 0.15) is 38.2 Å². The van der Waals surface area contributed by atoms with E-state index in [1.807, 2.05) is 32.6 Å². The molecule has 2 aromatic rings. The molecule has 1 amide bonds. The van der Waals surface area contributed by atoms with E-state index in [-0.39, 0.29) is 24.6 Å². The Labute approximate surface area is 213 Å². The lowest BCUT2D eigenvalue weighted by atomic mass is 10.1. The van der Waals surface area contributed by atoms with E-state index in [1.165, 1.54) is 12.8 Å². The highest BCUT2D eigenvalue weighted by molar-refractivity contribution is 5.87. The summed E-state index contributed by atoms with van der Waals surface area (Å²) in [6, 6.07) is 4.37. The lowest BCUT2D eigenvalue weighted by Gasteiger charge is -2.38. The second-order valence-corrected chi connectivity index (χ2v) is 10.4. The fourth-order valence-electron chi connectivity index (χ4n) is 5.69. The number of rotatable bonds is 7. The fraction of sp³-hybridized carbons (Fsp3) is 0.615. The lowest BCUT2D eigenvalue weighted by Crippen LogP contribution is -2.50. The van der Waals surface area contributed by atoms with Gasteiger partial charge in [-0.25, -0.2) is 9.97 Å². The van der Waals surface area contributed by atoms with Crippen LogP contribution in [0.3, 0.4) is 0 Å². The third-order valence-electron chi connectivity index (χ3n) is 7.83. The van der Waals surface area contributed by atoms with E-state index in [0.717, 1.165) is 56.1 Å². The number of fused-ring (bicyclic) bond motifs is 1. The predicted octanol–water partition coefficient (Wildman–Crippen LogP) is 1.88. The topological polar surface area (TPSA) is 101 Å². The number of carbonyl (C=O) groups is 1. The van der Waals surface area contributed by atoms with Crippen molar-refractivity contribution in [2.45, 2.75) is 57.2 Å². The molecular formula is C26H38N8O2. The van der Waals surface area contributed by atoms with Crippen molar-refractivity contribution in [2.24, 2.45) is 0 Å². The van der Waals surface area contributed by atoms with E-state index >= 15 is 0 Å². The number of aliphatic hydroxyl groups is 1. The number of hydrogen-bond donors (Lipinski definition) is 2. The van der Waals surface area contributed by atoms with Crippen molar-refractivity contribution in [3.05, 3.63) is 30.1 Å². The Kier molecular flexibility index (Phi) is 7.25. The molecule has 2 unspecified atom stereocenters. The van der Waals surface area contributed by atoms with Crippen LogP contribution in [0.15, 0.2) is 24.5 Å². The van der Waals surface area contributed by atoms with Crippen molar-refractivity contribution >= 4 is 29.2 Å². The first kappa shape index (κ1) is 24.7. The van der Waals surface area contributed by atoms with Crippen LogP contribution in [0.25, 0.3) is 0 Å². The van der Waals surface area contributed by atoms with Crippen LogP contribution in [0, 0.1) is 0 Å². The van der Waals surface area contributed by atoms with Crippen molar-refractivity contribution < 1.29 is 9.90 Å². The Balaban J connectivity index is 1.28. The average Bonchev–Trinajstić information content (AvgIpc) is 3.56. The number of pyridine rings is 1. The van der Waals surface area contributed by atoms with Crippen molar-refractivity contribution in [1.29, 1.82) is 0 Å². The van der Waals surface area contributed by atoms with Crippen molar-refractivity contribution in [3.63, 3.8) is 0 Å². The van der Waals surface area contributed by atoms with Crippen LogP contribution in [0.2, 0.25) is 0 Å². The maximum absolute atomic E-state index is 13.0. The minimum atomic E-state index is -0.208. The van der Waals surface area contributed by atoms with Gasteiger partial charge in [0.05, 0.1) is 18.5 Å². The smallest absolute Gasteiger partial charge is 0.245 e. The molecule has 36 heavy (non-hydrogen) atoms. The number of anilines is 4. The third kappa shape index (κ3) is 4.97. The molecule has 0 aromatic carbocycles. The summed E-state index contributed by atoms with van der Waals surface area (Å²) in [7, 11) is 3.64. The lowest BCUT2D eigenvalue weighted by molar-refractivity contribution is -0.130. The molecule has 2 atom stereocenters. The van der Waals surface area contributed by atoms with Crippen LogP contribution in [-0.4, -0.2) is 101 Å². The van der Waals surface area contributed by atoms with Crippen molar-refractivity contribution in [3.8, 4) is 0 Å². The number of piperazine rings is 1. The number of carbonyl (C=O) groups excluding carboxylic acids is 1. The second-order valence-electron chi connectivity index (χ2n) is 10.4. The van der Waals surface area contributed by atoms with E-state index in [9.17, 15) is 9.90 Å². The first-order valence-electron chi connectivity index (χ1n) is 13.1. The van der Waals surface area contributed by atoms with Gasteiger partial charge in [0.2, 0.25) is 11.9 Å². The molecule has 3 aliphatic rings. The number of likely N-dealkylation sites (N-methyl/N-ethyl adjacent to an activating group) is 1. The van der Waals surface area contributed by atoms with Crippen molar-refractivity contribution in [2.75, 3.05) is 62.0 Å². The molecule has 0 radical (unpaired) electrons. The summed E-state index contributed by atoms with van der Waals surface area (Å²) in [6.45, 7) is 5.94. The van der Waals surface area contributed by atoms with Gasteiger partial charge in [0.1, 0.15) is 17.7 Å². The van der Waals surface area contributed by atoms with Gasteiger partial charge < -0.3 is 25.1 Å². The van der Waals surface area contributed by atoms with Crippen molar-refractivity contribution in [1.82, 2.24) is 24.8 Å². The SMILES string of the molecule is CC(CO)N1CCN(c2ccc(Nc3ncc4c(n3)N(C3CCCC3)C(C(=O)N(C)C)C4)nc2)CC1. The molecule has 1 aliphatic carbocycles. The van der Waals surface area contributed by atoms with E-state index in [0.29, 0.717) is 24.2 Å². The zero-order chi connectivity index (χ0) is 25.2. The summed E-state index contributed by atoms with van der Waals surface area (Å²) in [4.78, 5) is 35.6. The van der Waals surface area contributed by atoms with Crippen LogP contribution < -0.4 is 15.1 Å². The Morgan fingerprint density at radius 2 is 1.89 bits per heavy atom. The van der Waals surface area contributed by atoms with Crippen LogP contribution >= 0.6 is 0 Å². The van der Waals surface area contributed by atoms with Gasteiger partial charge in [-0.2, -0.15) is 4.98 Å². The number of amides is 1. The summed E-state index contributed by atoms with van der Waals surface area (Å²) in [5.41, 5.74) is 2.12. The largest absolute Gasteiger partial charge is 0.395 e. The Morgan fingerprint density at radius 3 is 2.53 bits per heavy atom. The zero-order valence-electron chi connectivity index (χ0n) is 21.6. The summed E-state index contributed by atoms with van der Waals surface area (Å²) in [5.74, 6) is 2.20. The molecule has 1 saturated carbocycles. The first-order chi connectivity index (χ1) is 17.4. The maximum atomic E-state index is 13.0. The highest BCUT2D eigenvalue weighted by Gasteiger charge is 2.41. The van der Waals surface area contributed by atoms with Gasteiger partial charge in [0.25, 0.3) is 0 Å². The molecule has 0 bridgehead atoms. The third-order valence-corrected chi connectivity index (χ3v) is 7.83. The van der Waals surface area contributed by atoms with Gasteiger partial charge in [0.15, 0.2) is 0 Å². The van der Waals surface area contributed by atoms with Crippen LogP contribution in [0.4, 0.5) is 23.3 Å². The maximum Gasteiger partial charge on any atom is 0.245 e. The van der Waals surface area contributed by atoms with Gasteiger partial charge in [-0.15, -0.1) is 0 Å². The summed E-state index contributed by atoms with van der Waals surface area (Å²) < 4.78 is 0. The second kappa shape index (κ2) is 10.6. The molecule has 10 nitrogen and oxygen atoms in total. The van der Waals surface area contributed by atoms with Gasteiger partial charge in [0, 0.05) is 70.5 Å². The van der Waals surface area contributed by atoms with Gasteiger partial charge >= 0.3 is 0 Å². The molecule has 10 heteroatoms. The first-order valence-corrected chi connectivity index (χ1v) is 13.1. The molecule has 2 aliphatic heterocycles. The van der Waals surface area contributed by atoms with Gasteiger partial charge in [-0.05, 0) is 31.9 Å². The van der Waals surface area contributed by atoms with E-state index < -0.39 is 0 Å². The van der Waals surface area contributed by atoms with E-state index in [2.05, 4.69) is 43.0 Å². The number of nitrogens with one attached hydrogen (secondary N) is 1. The highest BCUT2D eigenvalue weighted by Crippen LogP contribution is 2.38. The standard InChI is InChI=1S/C26H38N8O2/c1-18(17-35)32-10-12-33(13-11-32)21-8-9-23(27-16-21)29-26-28-15-19-14-22(25(36)31(2)3)34(24(19)30-26)20-6-4-5-7-20/h8-9,15-16,18,20,22,35H,4-7,10-14,17H2,1-3H3,(H,27,28,29,30). The normalized spacial score (nSPS) is 21.5. The minimum Gasteiger partial charge on any atom is -0.395 e. The number of aromatic nitrogens is 3. The molecular weight excluding hydrogens is 456 g/mol. The molecule has 4 heterocycles. The minimum absolute atomic E-state index is 0.123. The van der Waals surface area contributed by atoms with E-state index in [4.69, 9.17) is 4.98 Å². The van der Waals surface area contributed by atoms with Gasteiger partial charge in [-0.1, -0.05) is 12.8 Å². The Bertz CT molecular complexity index is 1050. The summed E-state index contributed by atoms with van der Waals surface area (Å²) >= 11 is 0. The Hall–Kier alpha value is -2.98. The van der Waals surface area contributed by atoms with E-state index in [1.54, 1.807) is 4.90 Å². The number of aliphatic hydroxyl groups excluding tert-OH is 1. The molecule has 2 aromatic heterocycles. The Morgan fingerprint density at radius 1 is 1.14 bits per heavy atom. The van der Waals surface area contributed by atoms with Crippen LogP contribution in [0.5, 0.6) is 0 Å². The van der Waals surface area contributed by atoms with Crippen LogP contribution in [-0.2, 0) is 11.2 Å². The summed E-state index contributed by atoms with van der Waals surface area (Å²) in [5, 5.41) is 12.7. The number of hydrogen-bond acceptors (Lipinski definition) is 9. The molecule has 0 spiro atoms. The zero-order valence-corrected chi connectivity index (χ0v) is 21.6. The molecule has 194 valence electrons. The summed E-state index contributed by atoms with van der Waals surface area (Å²) in [6.07, 6.45) is 8.98. The highest BCUT2D eigenvalue weighted by atomic mass is 16.3. The quantitative estimate of drug-likeness (QED) is 0.597. The average molecular weight is 495 g/mol. The van der Waals surface area contributed by atoms with Gasteiger partial charge in [-0.3, -0.25) is 9.69 Å². The molecule has 1 saturated heterocycles. The molecule has 2 N–H and O–H groups in total.